The third-order valence-electron chi connectivity index (χ3n) is 4.58. The summed E-state index contributed by atoms with van der Waals surface area (Å²) in [6.07, 6.45) is 0.840. The van der Waals surface area contributed by atoms with Crippen molar-refractivity contribution in [2.45, 2.75) is 23.8 Å². The molecule has 0 spiro atoms. The van der Waals surface area contributed by atoms with Gasteiger partial charge in [0.2, 0.25) is 15.9 Å². The van der Waals surface area contributed by atoms with E-state index in [1.54, 1.807) is 0 Å². The number of hydrogen-bond donors (Lipinski definition) is 1. The number of non-ortho nitro benzene ring substituents is 1. The lowest BCUT2D eigenvalue weighted by molar-refractivity contribution is -0.384. The quantitative estimate of drug-likeness (QED) is 0.545. The van der Waals surface area contributed by atoms with Crippen LogP contribution in [0, 0.1) is 10.1 Å². The van der Waals surface area contributed by atoms with Gasteiger partial charge in [0.05, 0.1) is 22.6 Å². The van der Waals surface area contributed by atoms with Crippen molar-refractivity contribution in [3.05, 3.63) is 57.6 Å². The van der Waals surface area contributed by atoms with E-state index in [4.69, 9.17) is 16.3 Å². The summed E-state index contributed by atoms with van der Waals surface area (Å²) in [4.78, 5) is 23.3. The number of methoxy groups -OCH3 is 1. The number of nitrogens with one attached hydrogen (secondary N) is 1. The first-order valence-electron chi connectivity index (χ1n) is 8.65. The van der Waals surface area contributed by atoms with Crippen LogP contribution in [0.1, 0.15) is 12.8 Å². The molecule has 1 heterocycles. The lowest BCUT2D eigenvalue weighted by Crippen LogP contribution is -2.43. The standard InChI is InChI=1S/C18H18ClN3O6S/c1-28-17-9-6-13(22(24)25)11-15(17)20-18(23)16-3-2-10-21(16)29(26,27)14-7-4-12(19)5-8-14/h4-9,11,16H,2-3,10H2,1H3,(H,20,23). The van der Waals surface area contributed by atoms with E-state index in [-0.39, 0.29) is 28.6 Å². The summed E-state index contributed by atoms with van der Waals surface area (Å²) in [5, 5.41) is 14.0. The van der Waals surface area contributed by atoms with Crippen molar-refractivity contribution < 1.29 is 22.9 Å². The Kier molecular flexibility index (Phi) is 6.06. The molecular formula is C18H18ClN3O6S. The molecule has 1 aliphatic heterocycles. The van der Waals surface area contributed by atoms with Crippen LogP contribution < -0.4 is 10.1 Å². The molecule has 2 aromatic rings. The summed E-state index contributed by atoms with van der Waals surface area (Å²) in [5.74, 6) is -0.354. The van der Waals surface area contributed by atoms with Gasteiger partial charge in [0.1, 0.15) is 11.8 Å². The first kappa shape index (κ1) is 21.0. The zero-order chi connectivity index (χ0) is 21.2. The molecule has 1 unspecified atom stereocenters. The van der Waals surface area contributed by atoms with E-state index < -0.39 is 26.9 Å². The number of nitro benzene ring substituents is 1. The Hall–Kier alpha value is -2.69. The molecular weight excluding hydrogens is 422 g/mol. The molecule has 0 aromatic heterocycles. The van der Waals surface area contributed by atoms with Crippen LogP contribution in [-0.4, -0.2) is 43.2 Å². The van der Waals surface area contributed by atoms with Crippen LogP contribution in [0.25, 0.3) is 0 Å². The van der Waals surface area contributed by atoms with Crippen molar-refractivity contribution in [1.29, 1.82) is 0 Å². The maximum absolute atomic E-state index is 13.0. The summed E-state index contributed by atoms with van der Waals surface area (Å²) in [7, 11) is -2.54. The lowest BCUT2D eigenvalue weighted by atomic mass is 10.2. The zero-order valence-corrected chi connectivity index (χ0v) is 16.9. The second-order valence-electron chi connectivity index (χ2n) is 6.36. The van der Waals surface area contributed by atoms with E-state index in [2.05, 4.69) is 5.32 Å². The number of anilines is 1. The number of nitro groups is 1. The number of nitrogens with zero attached hydrogens (tertiary/aromatic N) is 2. The number of hydrogen-bond acceptors (Lipinski definition) is 6. The maximum Gasteiger partial charge on any atom is 0.271 e. The number of amides is 1. The fourth-order valence-electron chi connectivity index (χ4n) is 3.16. The smallest absolute Gasteiger partial charge is 0.271 e. The Bertz CT molecular complexity index is 1040. The summed E-state index contributed by atoms with van der Waals surface area (Å²) in [5.41, 5.74) is -0.124. The zero-order valence-electron chi connectivity index (χ0n) is 15.4. The van der Waals surface area contributed by atoms with Gasteiger partial charge in [-0.3, -0.25) is 14.9 Å². The summed E-state index contributed by atoms with van der Waals surface area (Å²) < 4.78 is 32.2. The summed E-state index contributed by atoms with van der Waals surface area (Å²) in [6, 6.07) is 8.54. The van der Waals surface area contributed by atoms with Gasteiger partial charge in [-0.05, 0) is 43.2 Å². The van der Waals surface area contributed by atoms with E-state index in [1.165, 1.54) is 49.6 Å². The van der Waals surface area contributed by atoms with Gasteiger partial charge >= 0.3 is 0 Å². The Morgan fingerprint density at radius 2 is 1.97 bits per heavy atom. The lowest BCUT2D eigenvalue weighted by Gasteiger charge is -2.23. The molecule has 1 amide bonds. The minimum atomic E-state index is -3.90. The molecule has 1 atom stereocenters. The molecule has 1 N–H and O–H groups in total. The molecule has 11 heteroatoms. The molecule has 1 aliphatic rings. The minimum absolute atomic E-state index is 0.0366. The van der Waals surface area contributed by atoms with Crippen LogP contribution >= 0.6 is 11.6 Å². The van der Waals surface area contributed by atoms with Crippen LogP contribution in [0.5, 0.6) is 5.75 Å². The number of sulfonamides is 1. The molecule has 1 saturated heterocycles. The van der Waals surface area contributed by atoms with Crippen molar-refractivity contribution in [1.82, 2.24) is 4.31 Å². The first-order valence-corrected chi connectivity index (χ1v) is 10.5. The number of rotatable bonds is 6. The topological polar surface area (TPSA) is 119 Å². The van der Waals surface area contributed by atoms with Crippen LogP contribution in [0.15, 0.2) is 47.4 Å². The van der Waals surface area contributed by atoms with Gasteiger partial charge < -0.3 is 10.1 Å². The fraction of sp³-hybridized carbons (Fsp3) is 0.278. The SMILES string of the molecule is COc1ccc([N+](=O)[O-])cc1NC(=O)C1CCCN1S(=O)(=O)c1ccc(Cl)cc1. The maximum atomic E-state index is 13.0. The van der Waals surface area contributed by atoms with E-state index in [1.807, 2.05) is 0 Å². The van der Waals surface area contributed by atoms with E-state index >= 15 is 0 Å². The van der Waals surface area contributed by atoms with Gasteiger partial charge in [-0.2, -0.15) is 4.31 Å². The number of halogens is 1. The molecule has 9 nitrogen and oxygen atoms in total. The summed E-state index contributed by atoms with van der Waals surface area (Å²) >= 11 is 5.82. The van der Waals surface area contributed by atoms with Gasteiger partial charge in [-0.1, -0.05) is 11.6 Å². The largest absolute Gasteiger partial charge is 0.495 e. The molecule has 0 bridgehead atoms. The normalized spacial score (nSPS) is 17.1. The van der Waals surface area contributed by atoms with Crippen molar-refractivity contribution in [3.63, 3.8) is 0 Å². The predicted octanol–water partition coefficient (Wildman–Crippen LogP) is 3.05. The van der Waals surface area contributed by atoms with Crippen molar-refractivity contribution in [2.75, 3.05) is 19.0 Å². The van der Waals surface area contributed by atoms with Gasteiger partial charge in [0, 0.05) is 23.7 Å². The fourth-order valence-corrected chi connectivity index (χ4v) is 4.94. The van der Waals surface area contributed by atoms with Gasteiger partial charge in [-0.15, -0.1) is 0 Å². The monoisotopic (exact) mass is 439 g/mol. The second kappa shape index (κ2) is 8.36. The second-order valence-corrected chi connectivity index (χ2v) is 8.69. The van der Waals surface area contributed by atoms with Crippen LogP contribution in [-0.2, 0) is 14.8 Å². The van der Waals surface area contributed by atoms with Crippen LogP contribution in [0.3, 0.4) is 0 Å². The van der Waals surface area contributed by atoms with Crippen molar-refractivity contribution in [2.24, 2.45) is 0 Å². The number of ether oxygens (including phenoxy) is 1. The Balaban J connectivity index is 1.86. The molecule has 2 aromatic carbocycles. The van der Waals surface area contributed by atoms with E-state index in [9.17, 15) is 23.3 Å². The highest BCUT2D eigenvalue weighted by molar-refractivity contribution is 7.89. The number of carbonyl (C=O) groups excluding carboxylic acids is 1. The molecule has 0 radical (unpaired) electrons. The molecule has 0 saturated carbocycles. The van der Waals surface area contributed by atoms with Crippen LogP contribution in [0.4, 0.5) is 11.4 Å². The predicted molar refractivity (Wildman–Crippen MR) is 107 cm³/mol. The summed E-state index contributed by atoms with van der Waals surface area (Å²) in [6.45, 7) is 0.190. The average molecular weight is 440 g/mol. The van der Waals surface area contributed by atoms with Crippen LogP contribution in [0.2, 0.25) is 5.02 Å². The third kappa shape index (κ3) is 4.34. The highest BCUT2D eigenvalue weighted by Gasteiger charge is 2.39. The van der Waals surface area contributed by atoms with Gasteiger partial charge in [-0.25, -0.2) is 8.42 Å². The van der Waals surface area contributed by atoms with Gasteiger partial charge in [0.25, 0.3) is 5.69 Å². The van der Waals surface area contributed by atoms with E-state index in [0.29, 0.717) is 17.9 Å². The highest BCUT2D eigenvalue weighted by Crippen LogP contribution is 2.31. The molecule has 1 fully saturated rings. The van der Waals surface area contributed by atoms with Crippen molar-refractivity contribution >= 4 is 38.9 Å². The minimum Gasteiger partial charge on any atom is -0.495 e. The molecule has 3 rings (SSSR count). The van der Waals surface area contributed by atoms with Gasteiger partial charge in [0.15, 0.2) is 0 Å². The third-order valence-corrected chi connectivity index (χ3v) is 6.75. The number of carbonyl (C=O) groups is 1. The number of benzene rings is 2. The molecule has 29 heavy (non-hydrogen) atoms. The van der Waals surface area contributed by atoms with Crippen molar-refractivity contribution in [3.8, 4) is 5.75 Å². The van der Waals surface area contributed by atoms with E-state index in [0.717, 1.165) is 4.31 Å². The molecule has 154 valence electrons. The Morgan fingerprint density at radius 1 is 1.28 bits per heavy atom. The Labute approximate surface area is 172 Å². The first-order chi connectivity index (χ1) is 13.7. The average Bonchev–Trinajstić information content (AvgIpc) is 3.19. The Morgan fingerprint density at radius 3 is 2.59 bits per heavy atom. The highest BCUT2D eigenvalue weighted by atomic mass is 35.5. The molecule has 0 aliphatic carbocycles.